The van der Waals surface area contributed by atoms with Gasteiger partial charge in [0, 0.05) is 6.07 Å². The molecular weight excluding hydrogens is 406 g/mol. The number of halogens is 6. The lowest BCUT2D eigenvalue weighted by atomic mass is 10.1. The first kappa shape index (κ1) is 19.3. The Hall–Kier alpha value is -1.00. The topological polar surface area (TPSA) is 26.3 Å². The minimum Gasteiger partial charge on any atom is -0.455 e. The molecule has 1 atom stereocenters. The van der Waals surface area contributed by atoms with Crippen molar-refractivity contribution in [3.05, 3.63) is 51.5 Å². The Labute approximate surface area is 152 Å². The number of benzene rings is 2. The summed E-state index contributed by atoms with van der Waals surface area (Å²) in [4.78, 5) is 0. The molecule has 0 saturated heterocycles. The number of alkyl halides is 3. The number of hydrogen-bond acceptors (Lipinski definition) is 2. The van der Waals surface area contributed by atoms with E-state index in [-0.39, 0.29) is 26.8 Å². The van der Waals surface area contributed by atoms with Crippen molar-refractivity contribution in [1.82, 2.24) is 0 Å². The van der Waals surface area contributed by atoms with Gasteiger partial charge in [-0.3, -0.25) is 0 Å². The van der Waals surface area contributed by atoms with Gasteiger partial charge in [-0.1, -0.05) is 30.1 Å². The summed E-state index contributed by atoms with van der Waals surface area (Å²) < 4.78 is 55.1. The van der Waals surface area contributed by atoms with E-state index in [1.54, 1.807) is 6.07 Å². The first-order chi connectivity index (χ1) is 11.1. The van der Waals surface area contributed by atoms with Crippen LogP contribution in [0, 0.1) is 0 Å². The van der Waals surface area contributed by atoms with Crippen molar-refractivity contribution in [1.29, 1.82) is 0 Å². The molecule has 0 bridgehead atoms. The molecule has 128 valence electrons. The van der Waals surface area contributed by atoms with Gasteiger partial charge in [0.05, 0.1) is 15.6 Å². The van der Waals surface area contributed by atoms with Crippen LogP contribution in [0.3, 0.4) is 0 Å². The van der Waals surface area contributed by atoms with Gasteiger partial charge in [0.25, 0.3) is 0 Å². The van der Waals surface area contributed by atoms with Gasteiger partial charge < -0.3 is 4.74 Å². The number of hydrogen-bond donors (Lipinski definition) is 0. The highest BCUT2D eigenvalue weighted by atomic mass is 35.7. The van der Waals surface area contributed by atoms with Crippen molar-refractivity contribution >= 4 is 46.9 Å². The summed E-state index contributed by atoms with van der Waals surface area (Å²) in [5.74, 6) is 0.319. The molecule has 2 nitrogen and oxygen atoms in total. The molecule has 0 heterocycles. The molecule has 2 aromatic rings. The molecule has 0 aliphatic carbocycles. The second-order valence-electron chi connectivity index (χ2n) is 4.75. The first-order valence-corrected chi connectivity index (χ1v) is 9.55. The second-order valence-corrected chi connectivity index (χ2v) is 7.46. The Morgan fingerprint density at radius 1 is 1.08 bits per heavy atom. The Kier molecular flexibility index (Phi) is 6.03. The van der Waals surface area contributed by atoms with Crippen LogP contribution >= 0.6 is 41.6 Å². The zero-order valence-corrected chi connectivity index (χ0v) is 15.3. The van der Waals surface area contributed by atoms with Crippen LogP contribution in [-0.4, -0.2) is 0 Å². The fourth-order valence-corrected chi connectivity index (χ4v) is 3.60. The van der Waals surface area contributed by atoms with Gasteiger partial charge in [-0.2, -0.15) is 13.2 Å². The molecule has 0 fully saturated rings. The van der Waals surface area contributed by atoms with Gasteiger partial charge >= 0.3 is 13.3 Å². The molecule has 2 aromatic carbocycles. The van der Waals surface area contributed by atoms with Crippen molar-refractivity contribution in [2.45, 2.75) is 19.5 Å². The third-order valence-corrected chi connectivity index (χ3v) is 5.21. The summed E-state index contributed by atoms with van der Waals surface area (Å²) in [5.41, 5.74) is -0.204. The Morgan fingerprint density at radius 3 is 2.25 bits per heavy atom. The van der Waals surface area contributed by atoms with E-state index in [0.717, 1.165) is 18.2 Å². The standard InChI is InChI=1S/C15H10Cl3F3O2P/c1-2-8-5-11(17)14(24(18)22)7-13(8)23-12-4-3-9(6-10(12)16)15(19,20)21/h3-7H,2H2,1H3/q+1. The second kappa shape index (κ2) is 7.49. The number of aryl methyl sites for hydroxylation is 1. The monoisotopic (exact) mass is 415 g/mol. The zero-order chi connectivity index (χ0) is 18.1. The van der Waals surface area contributed by atoms with Crippen molar-refractivity contribution in [2.75, 3.05) is 0 Å². The van der Waals surface area contributed by atoms with Gasteiger partial charge in [-0.05, 0) is 40.8 Å². The average Bonchev–Trinajstić information content (AvgIpc) is 2.49. The molecule has 0 aliphatic heterocycles. The number of rotatable bonds is 4. The van der Waals surface area contributed by atoms with Gasteiger partial charge in [-0.15, -0.1) is 0 Å². The molecule has 0 aliphatic rings. The van der Waals surface area contributed by atoms with Crippen LogP contribution in [0.15, 0.2) is 30.3 Å². The van der Waals surface area contributed by atoms with E-state index in [1.165, 1.54) is 6.07 Å². The van der Waals surface area contributed by atoms with Crippen molar-refractivity contribution in [3.63, 3.8) is 0 Å². The van der Waals surface area contributed by atoms with Gasteiger partial charge in [0.1, 0.15) is 11.5 Å². The van der Waals surface area contributed by atoms with E-state index in [2.05, 4.69) is 0 Å². The quantitative estimate of drug-likeness (QED) is 0.503. The van der Waals surface area contributed by atoms with Crippen LogP contribution in [0.25, 0.3) is 0 Å². The Morgan fingerprint density at radius 2 is 1.75 bits per heavy atom. The van der Waals surface area contributed by atoms with Gasteiger partial charge in [0.2, 0.25) is 16.5 Å². The van der Waals surface area contributed by atoms with E-state index < -0.39 is 18.9 Å². The van der Waals surface area contributed by atoms with Crippen LogP contribution < -0.4 is 10.0 Å². The third-order valence-electron chi connectivity index (χ3n) is 3.18. The van der Waals surface area contributed by atoms with Crippen molar-refractivity contribution < 1.29 is 22.5 Å². The third kappa shape index (κ3) is 4.34. The highest BCUT2D eigenvalue weighted by Crippen LogP contribution is 2.39. The van der Waals surface area contributed by atoms with E-state index in [1.807, 2.05) is 6.92 Å². The fraction of sp³-hybridized carbons (Fsp3) is 0.200. The molecule has 0 radical (unpaired) electrons. The van der Waals surface area contributed by atoms with Crippen molar-refractivity contribution in [2.24, 2.45) is 0 Å². The molecule has 0 spiro atoms. The molecular formula is C15H10Cl3F3O2P+. The minimum absolute atomic E-state index is 0.0393. The molecule has 24 heavy (non-hydrogen) atoms. The SMILES string of the molecule is CCc1cc(Cl)c([P+](=O)Cl)cc1Oc1ccc(C(F)(F)F)cc1Cl. The minimum atomic E-state index is -4.50. The number of ether oxygens (including phenoxy) is 1. The van der Waals surface area contributed by atoms with Crippen molar-refractivity contribution in [3.8, 4) is 11.5 Å². The highest BCUT2D eigenvalue weighted by Gasteiger charge is 2.31. The van der Waals surface area contributed by atoms with Gasteiger partial charge in [-0.25, -0.2) is 0 Å². The Balaban J connectivity index is 2.44. The van der Waals surface area contributed by atoms with Crippen LogP contribution in [-0.2, 0) is 17.2 Å². The highest BCUT2D eigenvalue weighted by molar-refractivity contribution is 7.80. The maximum absolute atomic E-state index is 12.7. The van der Waals surface area contributed by atoms with E-state index in [0.29, 0.717) is 12.0 Å². The zero-order valence-electron chi connectivity index (χ0n) is 12.1. The van der Waals surface area contributed by atoms with E-state index in [4.69, 9.17) is 39.2 Å². The molecule has 0 saturated carbocycles. The molecule has 0 amide bonds. The van der Waals surface area contributed by atoms with Crippen LogP contribution in [0.5, 0.6) is 11.5 Å². The van der Waals surface area contributed by atoms with Crippen LogP contribution in [0.4, 0.5) is 13.2 Å². The predicted octanol–water partition coefficient (Wildman–Crippen LogP) is 6.97. The predicted molar refractivity (Wildman–Crippen MR) is 90.5 cm³/mol. The smallest absolute Gasteiger partial charge is 0.455 e. The summed E-state index contributed by atoms with van der Waals surface area (Å²) >= 11 is 17.5. The summed E-state index contributed by atoms with van der Waals surface area (Å²) in [6, 6.07) is 5.73. The molecule has 2 rings (SSSR count). The first-order valence-electron chi connectivity index (χ1n) is 6.63. The lowest BCUT2D eigenvalue weighted by molar-refractivity contribution is -0.137. The maximum atomic E-state index is 12.7. The maximum Gasteiger partial charge on any atom is 0.495 e. The Bertz CT molecular complexity index is 794. The summed E-state index contributed by atoms with van der Waals surface area (Å²) in [7, 11) is -2.22. The van der Waals surface area contributed by atoms with E-state index >= 15 is 0 Å². The normalized spacial score (nSPS) is 12.2. The van der Waals surface area contributed by atoms with Gasteiger partial charge in [0.15, 0.2) is 0 Å². The van der Waals surface area contributed by atoms with Crippen LogP contribution in [0.1, 0.15) is 18.1 Å². The lowest BCUT2D eigenvalue weighted by Gasteiger charge is -2.13. The summed E-state index contributed by atoms with van der Waals surface area (Å²) in [5, 5.41) is 0.219. The van der Waals surface area contributed by atoms with E-state index in [9.17, 15) is 17.7 Å². The summed E-state index contributed by atoms with van der Waals surface area (Å²) in [6.45, 7) is 1.84. The summed E-state index contributed by atoms with van der Waals surface area (Å²) in [6.07, 6.45) is -3.96. The molecule has 1 unspecified atom stereocenters. The molecule has 9 heteroatoms. The fourth-order valence-electron chi connectivity index (χ4n) is 1.97. The molecule has 0 aromatic heterocycles. The largest absolute Gasteiger partial charge is 0.495 e. The van der Waals surface area contributed by atoms with Crippen LogP contribution in [0.2, 0.25) is 10.0 Å². The molecule has 0 N–H and O–H groups in total. The lowest BCUT2D eigenvalue weighted by Crippen LogP contribution is -2.05. The average molecular weight is 417 g/mol.